The van der Waals surface area contributed by atoms with Gasteiger partial charge in [-0.05, 0) is 68.4 Å². The lowest BCUT2D eigenvalue weighted by Crippen LogP contribution is -2.37. The van der Waals surface area contributed by atoms with Crippen molar-refractivity contribution in [2.75, 3.05) is 32.8 Å². The second-order valence-electron chi connectivity index (χ2n) is 9.36. The van der Waals surface area contributed by atoms with Gasteiger partial charge in [0, 0.05) is 50.0 Å². The van der Waals surface area contributed by atoms with Crippen LogP contribution in [0.2, 0.25) is 0 Å². The number of aromatic nitrogens is 3. The smallest absolute Gasteiger partial charge is 0.170 e. The highest BCUT2D eigenvalue weighted by Gasteiger charge is 2.41. The molecule has 0 saturated carbocycles. The number of rotatable bonds is 8. The number of ether oxygens (including phenoxy) is 1. The van der Waals surface area contributed by atoms with Crippen LogP contribution >= 0.6 is 12.2 Å². The highest BCUT2D eigenvalue weighted by atomic mass is 32.1. The van der Waals surface area contributed by atoms with E-state index in [0.29, 0.717) is 6.54 Å². The van der Waals surface area contributed by atoms with E-state index >= 15 is 0 Å². The van der Waals surface area contributed by atoms with Gasteiger partial charge in [0.15, 0.2) is 5.11 Å². The molecule has 5 rings (SSSR count). The van der Waals surface area contributed by atoms with Gasteiger partial charge in [-0.15, -0.1) is 0 Å². The molecular weight excluding hydrogens is 456 g/mol. The van der Waals surface area contributed by atoms with Crippen molar-refractivity contribution in [3.8, 4) is 0 Å². The molecule has 0 amide bonds. The van der Waals surface area contributed by atoms with Crippen LogP contribution in [0.25, 0.3) is 0 Å². The molecule has 7 nitrogen and oxygen atoms in total. The summed E-state index contributed by atoms with van der Waals surface area (Å²) < 4.78 is 7.96. The highest BCUT2D eigenvalue weighted by molar-refractivity contribution is 7.80. The fourth-order valence-corrected chi connectivity index (χ4v) is 5.63. The first kappa shape index (κ1) is 23.9. The minimum atomic E-state index is -0.0188. The van der Waals surface area contributed by atoms with Gasteiger partial charge in [-0.2, -0.15) is 0 Å². The highest BCUT2D eigenvalue weighted by Crippen LogP contribution is 2.41. The fraction of sp³-hybridized carbons (Fsp3) is 0.444. The van der Waals surface area contributed by atoms with E-state index < -0.39 is 0 Å². The van der Waals surface area contributed by atoms with Gasteiger partial charge in [0.05, 0.1) is 43.2 Å². The molecule has 1 N–H and O–H groups in total. The molecule has 3 aromatic heterocycles. The maximum atomic E-state index is 5.86. The third kappa shape index (κ3) is 5.24. The molecule has 2 unspecified atom stereocenters. The molecule has 184 valence electrons. The minimum absolute atomic E-state index is 0.0188. The van der Waals surface area contributed by atoms with Crippen molar-refractivity contribution < 1.29 is 4.74 Å². The number of thiocarbonyl (C=S) groups is 1. The summed E-state index contributed by atoms with van der Waals surface area (Å²) in [6, 6.07) is 14.5. The Hall–Kier alpha value is -2.81. The molecule has 8 heteroatoms. The Bertz CT molecular complexity index is 1130. The molecule has 2 aliphatic heterocycles. The standard InChI is InChI=1S/C27H34N6OS/c1-20-18-23(21(2)32(20)13-7-12-31-14-16-34-17-15-31)26-25(24-9-4-6-11-29-24)30-27(35)33(26)19-22-8-3-5-10-28-22/h3-6,8-11,18,25-26H,7,12-17,19H2,1-2H3,(H,30,35). The van der Waals surface area contributed by atoms with Crippen LogP contribution in [0.5, 0.6) is 0 Å². The molecule has 0 radical (unpaired) electrons. The van der Waals surface area contributed by atoms with Crippen molar-refractivity contribution in [1.29, 1.82) is 0 Å². The summed E-state index contributed by atoms with van der Waals surface area (Å²) in [5, 5.41) is 4.31. The second-order valence-corrected chi connectivity index (χ2v) is 9.75. The van der Waals surface area contributed by atoms with Gasteiger partial charge in [-0.1, -0.05) is 12.1 Å². The number of nitrogens with zero attached hydrogens (tertiary/aromatic N) is 5. The maximum Gasteiger partial charge on any atom is 0.170 e. The molecule has 3 aromatic rings. The summed E-state index contributed by atoms with van der Waals surface area (Å²) in [7, 11) is 0. The van der Waals surface area contributed by atoms with E-state index in [0.717, 1.165) is 62.3 Å². The lowest BCUT2D eigenvalue weighted by molar-refractivity contribution is 0.0369. The van der Waals surface area contributed by atoms with Gasteiger partial charge in [0.25, 0.3) is 0 Å². The molecule has 2 atom stereocenters. The normalized spacial score (nSPS) is 20.9. The van der Waals surface area contributed by atoms with E-state index in [1.807, 2.05) is 36.7 Å². The number of morpholine rings is 1. The first-order valence-corrected chi connectivity index (χ1v) is 12.9. The van der Waals surface area contributed by atoms with Crippen LogP contribution in [0.3, 0.4) is 0 Å². The van der Waals surface area contributed by atoms with Crippen molar-refractivity contribution >= 4 is 17.3 Å². The van der Waals surface area contributed by atoms with Gasteiger partial charge in [-0.25, -0.2) is 0 Å². The summed E-state index contributed by atoms with van der Waals surface area (Å²) in [4.78, 5) is 14.0. The van der Waals surface area contributed by atoms with Crippen LogP contribution in [0.4, 0.5) is 0 Å². The molecule has 2 saturated heterocycles. The van der Waals surface area contributed by atoms with Crippen molar-refractivity contribution in [3.05, 3.63) is 83.2 Å². The van der Waals surface area contributed by atoms with E-state index in [9.17, 15) is 0 Å². The summed E-state index contributed by atoms with van der Waals surface area (Å²) in [6.45, 7) is 11.0. The van der Waals surface area contributed by atoms with Gasteiger partial charge in [0.2, 0.25) is 0 Å². The maximum absolute atomic E-state index is 5.86. The lowest BCUT2D eigenvalue weighted by atomic mass is 9.96. The van der Waals surface area contributed by atoms with Gasteiger partial charge in [0.1, 0.15) is 0 Å². The Morgan fingerprint density at radius 3 is 2.51 bits per heavy atom. The van der Waals surface area contributed by atoms with Crippen LogP contribution in [-0.4, -0.2) is 62.3 Å². The SMILES string of the molecule is Cc1cc(C2C(c3ccccn3)NC(=S)N2Cc2ccccn2)c(C)n1CCCN1CCOCC1. The molecule has 0 aliphatic carbocycles. The van der Waals surface area contributed by atoms with E-state index in [1.54, 1.807) is 0 Å². The Balaban J connectivity index is 1.42. The van der Waals surface area contributed by atoms with Gasteiger partial charge >= 0.3 is 0 Å². The molecule has 5 heterocycles. The Morgan fingerprint density at radius 2 is 1.80 bits per heavy atom. The average molecular weight is 491 g/mol. The first-order valence-electron chi connectivity index (χ1n) is 12.5. The molecule has 35 heavy (non-hydrogen) atoms. The van der Waals surface area contributed by atoms with Crippen LogP contribution < -0.4 is 5.32 Å². The van der Waals surface area contributed by atoms with Crippen LogP contribution in [0.15, 0.2) is 54.9 Å². The predicted molar refractivity (Wildman–Crippen MR) is 141 cm³/mol. The average Bonchev–Trinajstić information content (AvgIpc) is 3.36. The summed E-state index contributed by atoms with van der Waals surface area (Å²) in [5.74, 6) is 0. The zero-order valence-electron chi connectivity index (χ0n) is 20.6. The van der Waals surface area contributed by atoms with Crippen LogP contribution in [0, 0.1) is 13.8 Å². The van der Waals surface area contributed by atoms with Crippen molar-refractivity contribution in [2.24, 2.45) is 0 Å². The van der Waals surface area contributed by atoms with Crippen LogP contribution in [0.1, 0.15) is 46.8 Å². The second kappa shape index (κ2) is 10.8. The lowest BCUT2D eigenvalue weighted by Gasteiger charge is -2.28. The summed E-state index contributed by atoms with van der Waals surface area (Å²) in [5.41, 5.74) is 5.89. The van der Waals surface area contributed by atoms with Crippen molar-refractivity contribution in [2.45, 2.75) is 45.4 Å². The van der Waals surface area contributed by atoms with E-state index in [2.05, 4.69) is 61.7 Å². The molecule has 0 spiro atoms. The topological polar surface area (TPSA) is 58.5 Å². The molecule has 0 bridgehead atoms. The monoisotopic (exact) mass is 490 g/mol. The van der Waals surface area contributed by atoms with Crippen molar-refractivity contribution in [3.63, 3.8) is 0 Å². The Labute approximate surface area is 213 Å². The van der Waals surface area contributed by atoms with Crippen molar-refractivity contribution in [1.82, 2.24) is 29.7 Å². The number of hydrogen-bond donors (Lipinski definition) is 1. The zero-order chi connectivity index (χ0) is 24.2. The third-order valence-electron chi connectivity index (χ3n) is 7.15. The number of nitrogens with one attached hydrogen (secondary N) is 1. The third-order valence-corrected chi connectivity index (χ3v) is 7.50. The molecule has 0 aromatic carbocycles. The van der Waals surface area contributed by atoms with E-state index in [-0.39, 0.29) is 12.1 Å². The quantitative estimate of drug-likeness (QED) is 0.482. The predicted octanol–water partition coefficient (Wildman–Crippen LogP) is 3.79. The van der Waals surface area contributed by atoms with Crippen LogP contribution in [-0.2, 0) is 17.8 Å². The molecule has 2 aliphatic rings. The minimum Gasteiger partial charge on any atom is -0.379 e. The first-order chi connectivity index (χ1) is 17.1. The summed E-state index contributed by atoms with van der Waals surface area (Å²) >= 11 is 5.86. The summed E-state index contributed by atoms with van der Waals surface area (Å²) in [6.07, 6.45) is 4.82. The Morgan fingerprint density at radius 1 is 1.03 bits per heavy atom. The Kier molecular flexibility index (Phi) is 7.41. The molecule has 2 fully saturated rings. The fourth-order valence-electron chi connectivity index (χ4n) is 5.33. The number of pyridine rings is 2. The zero-order valence-corrected chi connectivity index (χ0v) is 21.4. The van der Waals surface area contributed by atoms with Gasteiger partial charge < -0.3 is 19.5 Å². The van der Waals surface area contributed by atoms with Gasteiger partial charge in [-0.3, -0.25) is 14.9 Å². The molecular formula is C27H34N6OS. The number of aryl methyl sites for hydroxylation is 1. The largest absolute Gasteiger partial charge is 0.379 e. The van der Waals surface area contributed by atoms with E-state index in [4.69, 9.17) is 17.0 Å². The number of hydrogen-bond acceptors (Lipinski definition) is 5. The van der Waals surface area contributed by atoms with E-state index in [1.165, 1.54) is 17.0 Å².